The fraction of sp³-hybridized carbons (Fsp3) is 0.200. The summed E-state index contributed by atoms with van der Waals surface area (Å²) in [6.45, 7) is 0. The number of phenols is 4. The third-order valence-electron chi connectivity index (χ3n) is 3.69. The molecule has 0 atom stereocenters. The maximum Gasteiger partial charge on any atom is 0.411 e. The number of halogens is 6. The molecule has 4 N–H and O–H groups in total. The van der Waals surface area contributed by atoms with Gasteiger partial charge in [0.1, 0.15) is 0 Å². The maximum absolute atomic E-state index is 13.7. The van der Waals surface area contributed by atoms with Crippen LogP contribution in [0, 0.1) is 0 Å². The van der Waals surface area contributed by atoms with Crippen LogP contribution in [-0.2, 0) is 5.41 Å². The van der Waals surface area contributed by atoms with Crippen molar-refractivity contribution >= 4 is 0 Å². The molecule has 2 rings (SSSR count). The van der Waals surface area contributed by atoms with Crippen molar-refractivity contribution in [2.45, 2.75) is 17.8 Å². The van der Waals surface area contributed by atoms with E-state index in [0.717, 1.165) is 12.1 Å². The third kappa shape index (κ3) is 2.57. The maximum atomic E-state index is 13.7. The molecule has 0 aliphatic rings. The Labute approximate surface area is 136 Å². The molecule has 0 spiro atoms. The number of alkyl halides is 6. The summed E-state index contributed by atoms with van der Waals surface area (Å²) in [5.41, 5.74) is -7.92. The molecule has 0 aliphatic carbocycles. The van der Waals surface area contributed by atoms with Gasteiger partial charge in [-0.3, -0.25) is 0 Å². The zero-order chi connectivity index (χ0) is 19.2. The molecule has 0 bridgehead atoms. The molecule has 10 heteroatoms. The van der Waals surface area contributed by atoms with Crippen molar-refractivity contribution < 1.29 is 46.8 Å². The molecule has 0 aromatic heterocycles. The molecule has 4 nitrogen and oxygen atoms in total. The summed E-state index contributed by atoms with van der Waals surface area (Å²) in [6, 6.07) is 4.05. The summed E-state index contributed by atoms with van der Waals surface area (Å²) in [6.07, 6.45) is -12.0. The van der Waals surface area contributed by atoms with Crippen molar-refractivity contribution in [3.05, 3.63) is 47.5 Å². The first-order valence-corrected chi connectivity index (χ1v) is 6.52. The van der Waals surface area contributed by atoms with Crippen LogP contribution in [0.3, 0.4) is 0 Å². The summed E-state index contributed by atoms with van der Waals surface area (Å²) in [7, 11) is 0. The van der Waals surface area contributed by atoms with Crippen molar-refractivity contribution in [2.24, 2.45) is 0 Å². The highest BCUT2D eigenvalue weighted by Gasteiger charge is 2.73. The fourth-order valence-electron chi connectivity index (χ4n) is 2.56. The van der Waals surface area contributed by atoms with Crippen LogP contribution in [0.4, 0.5) is 26.3 Å². The second-order valence-corrected chi connectivity index (χ2v) is 5.10. The topological polar surface area (TPSA) is 80.9 Å². The largest absolute Gasteiger partial charge is 0.504 e. The van der Waals surface area contributed by atoms with Crippen LogP contribution in [0.5, 0.6) is 23.0 Å². The number of phenolic OH excluding ortho intramolecular Hbond substituents is 4. The van der Waals surface area contributed by atoms with Gasteiger partial charge in [-0.15, -0.1) is 0 Å². The smallest absolute Gasteiger partial charge is 0.411 e. The molecule has 2 aromatic rings. The van der Waals surface area contributed by atoms with Crippen LogP contribution in [0.1, 0.15) is 11.1 Å². The van der Waals surface area contributed by atoms with E-state index in [1.54, 1.807) is 0 Å². The average Bonchev–Trinajstić information content (AvgIpc) is 2.49. The number of aromatic hydroxyl groups is 4. The lowest BCUT2D eigenvalue weighted by Crippen LogP contribution is -2.54. The zero-order valence-electron chi connectivity index (χ0n) is 12.0. The molecule has 0 saturated carbocycles. The van der Waals surface area contributed by atoms with Crippen molar-refractivity contribution in [3.63, 3.8) is 0 Å². The predicted octanol–water partition coefficient (Wildman–Crippen LogP) is 3.92. The van der Waals surface area contributed by atoms with Crippen LogP contribution < -0.4 is 0 Å². The van der Waals surface area contributed by atoms with E-state index in [0.29, 0.717) is 12.1 Å². The minimum atomic E-state index is -6.01. The van der Waals surface area contributed by atoms with Gasteiger partial charge in [0.25, 0.3) is 0 Å². The molecule has 0 saturated heterocycles. The Hall–Kier alpha value is -2.78. The van der Waals surface area contributed by atoms with Gasteiger partial charge in [-0.1, -0.05) is 30.3 Å². The summed E-state index contributed by atoms with van der Waals surface area (Å²) >= 11 is 0. The molecule has 0 unspecified atom stereocenters. The van der Waals surface area contributed by atoms with Gasteiger partial charge in [0.2, 0.25) is 16.9 Å². The van der Waals surface area contributed by atoms with E-state index in [9.17, 15) is 46.8 Å². The van der Waals surface area contributed by atoms with Crippen molar-refractivity contribution in [1.82, 2.24) is 0 Å². The van der Waals surface area contributed by atoms with E-state index in [2.05, 4.69) is 0 Å². The molecule has 2 aromatic carbocycles. The molecule has 0 aliphatic heterocycles. The van der Waals surface area contributed by atoms with Gasteiger partial charge in [-0.25, -0.2) is 0 Å². The van der Waals surface area contributed by atoms with E-state index in [1.165, 1.54) is 6.07 Å². The number of rotatable bonds is 2. The van der Waals surface area contributed by atoms with Gasteiger partial charge >= 0.3 is 12.4 Å². The van der Waals surface area contributed by atoms with Crippen LogP contribution >= 0.6 is 0 Å². The molecular formula is C15H10F6O4. The highest BCUT2D eigenvalue weighted by atomic mass is 19.4. The Balaban J connectivity index is 3.06. The Kier molecular flexibility index (Phi) is 4.19. The third-order valence-corrected chi connectivity index (χ3v) is 3.69. The molecule has 0 radical (unpaired) electrons. The van der Waals surface area contributed by atoms with Crippen molar-refractivity contribution in [1.29, 1.82) is 0 Å². The summed E-state index contributed by atoms with van der Waals surface area (Å²) < 4.78 is 82.4. The zero-order valence-corrected chi connectivity index (χ0v) is 12.0. The predicted molar refractivity (Wildman–Crippen MR) is 72.4 cm³/mol. The van der Waals surface area contributed by atoms with Crippen LogP contribution in [0.15, 0.2) is 36.4 Å². The highest BCUT2D eigenvalue weighted by molar-refractivity contribution is 5.64. The first-order valence-electron chi connectivity index (χ1n) is 6.52. The van der Waals surface area contributed by atoms with Gasteiger partial charge < -0.3 is 20.4 Å². The van der Waals surface area contributed by atoms with Gasteiger partial charge in [0.15, 0.2) is 11.5 Å². The lowest BCUT2D eigenvalue weighted by Gasteiger charge is -2.38. The number of benzene rings is 2. The summed E-state index contributed by atoms with van der Waals surface area (Å²) in [5.74, 6) is -6.47. The standard InChI is InChI=1S/C15H10F6O4/c16-14(17,18)13(15(19,20)21,7-4-2-1-3-5-7)8-6-9(22)11(24)12(25)10(8)23/h1-6,22-25H. The quantitative estimate of drug-likeness (QED) is 0.368. The molecule has 0 fully saturated rings. The number of hydrogen-bond donors (Lipinski definition) is 4. The molecule has 136 valence electrons. The van der Waals surface area contributed by atoms with E-state index < -0.39 is 51.9 Å². The number of hydrogen-bond acceptors (Lipinski definition) is 4. The Morgan fingerprint density at radius 3 is 1.56 bits per heavy atom. The van der Waals surface area contributed by atoms with Gasteiger partial charge in [-0.05, 0) is 11.6 Å². The monoisotopic (exact) mass is 368 g/mol. The van der Waals surface area contributed by atoms with Crippen molar-refractivity contribution in [3.8, 4) is 23.0 Å². The Bertz CT molecular complexity index is 769. The summed E-state index contributed by atoms with van der Waals surface area (Å²) in [4.78, 5) is 0. The lowest BCUT2D eigenvalue weighted by molar-refractivity contribution is -0.289. The molecule has 0 heterocycles. The Morgan fingerprint density at radius 1 is 0.640 bits per heavy atom. The second-order valence-electron chi connectivity index (χ2n) is 5.10. The SMILES string of the molecule is Oc1cc(C(c2ccccc2)(C(F)(F)F)C(F)(F)F)c(O)c(O)c1O. The van der Waals surface area contributed by atoms with E-state index in [4.69, 9.17) is 0 Å². The van der Waals surface area contributed by atoms with Gasteiger partial charge in [0.05, 0.1) is 0 Å². The second kappa shape index (κ2) is 5.64. The van der Waals surface area contributed by atoms with Gasteiger partial charge in [-0.2, -0.15) is 26.3 Å². The van der Waals surface area contributed by atoms with Crippen LogP contribution in [0.2, 0.25) is 0 Å². The van der Waals surface area contributed by atoms with Crippen molar-refractivity contribution in [2.75, 3.05) is 0 Å². The minimum Gasteiger partial charge on any atom is -0.504 e. The van der Waals surface area contributed by atoms with Crippen LogP contribution in [-0.4, -0.2) is 32.8 Å². The highest BCUT2D eigenvalue weighted by Crippen LogP contribution is 2.60. The first kappa shape index (κ1) is 18.6. The fourth-order valence-corrected chi connectivity index (χ4v) is 2.56. The minimum absolute atomic E-state index is 0.0850. The first-order chi connectivity index (χ1) is 11.4. The van der Waals surface area contributed by atoms with E-state index in [1.807, 2.05) is 0 Å². The van der Waals surface area contributed by atoms with Gasteiger partial charge in [0, 0.05) is 5.56 Å². The molecule has 25 heavy (non-hydrogen) atoms. The molecular weight excluding hydrogens is 358 g/mol. The van der Waals surface area contributed by atoms with Crippen LogP contribution in [0.25, 0.3) is 0 Å². The Morgan fingerprint density at radius 2 is 1.12 bits per heavy atom. The van der Waals surface area contributed by atoms with E-state index >= 15 is 0 Å². The normalized spacial score (nSPS) is 13.0. The lowest BCUT2D eigenvalue weighted by atomic mass is 9.72. The summed E-state index contributed by atoms with van der Waals surface area (Å²) in [5, 5.41) is 37.7. The average molecular weight is 368 g/mol. The molecule has 0 amide bonds. The van der Waals surface area contributed by atoms with E-state index in [-0.39, 0.29) is 6.07 Å².